The Balaban J connectivity index is 1.91. The fourth-order valence-corrected chi connectivity index (χ4v) is 4.67. The predicted molar refractivity (Wildman–Crippen MR) is 117 cm³/mol. The second kappa shape index (κ2) is 7.11. The van der Waals surface area contributed by atoms with E-state index in [-0.39, 0.29) is 17.1 Å². The lowest BCUT2D eigenvalue weighted by Gasteiger charge is -2.27. The van der Waals surface area contributed by atoms with E-state index in [1.807, 2.05) is 0 Å². The summed E-state index contributed by atoms with van der Waals surface area (Å²) < 4.78 is 0.782. The van der Waals surface area contributed by atoms with Crippen LogP contribution in [0, 0.1) is 5.41 Å². The number of aliphatic hydroxyl groups excluding tert-OH is 1. The van der Waals surface area contributed by atoms with Crippen molar-refractivity contribution in [2.24, 2.45) is 5.41 Å². The number of anilines is 1. The highest BCUT2D eigenvalue weighted by Crippen LogP contribution is 2.45. The number of aliphatic hydroxyl groups is 1. The molecule has 0 saturated carbocycles. The maximum absolute atomic E-state index is 13.2. The number of halogens is 1. The summed E-state index contributed by atoms with van der Waals surface area (Å²) in [6.45, 7) is 5.20. The molecule has 2 heterocycles. The largest absolute Gasteiger partial charge is 0.508 e. The zero-order valence-corrected chi connectivity index (χ0v) is 18.1. The smallest absolute Gasteiger partial charge is 0.296 e. The summed E-state index contributed by atoms with van der Waals surface area (Å²) in [5.41, 5.74) is 0.452. The molecule has 4 rings (SSSR count). The van der Waals surface area contributed by atoms with Crippen molar-refractivity contribution in [3.63, 3.8) is 0 Å². The number of hydrogen-bond acceptors (Lipinski definition) is 6. The van der Waals surface area contributed by atoms with Crippen LogP contribution in [0.4, 0.5) is 5.13 Å². The number of fused-ring (bicyclic) bond motifs is 1. The molecule has 2 N–H and O–H groups in total. The Bertz CT molecular complexity index is 1210. The molecule has 2 aromatic carbocycles. The number of carbonyl (C=O) groups excluding carboxylic acids is 2. The molecule has 1 aliphatic rings. The summed E-state index contributed by atoms with van der Waals surface area (Å²) in [4.78, 5) is 32.2. The van der Waals surface area contributed by atoms with Gasteiger partial charge in [0, 0.05) is 10.4 Å². The standard InChI is InChI=1S/C22H19ClN2O4S/c1-22(2,3)19(28)16-17(11-4-7-13(26)8-5-11)25(20(29)18(16)27)21-24-14-9-6-12(23)10-15(14)30-21/h4-10,17,26-27H,1-3H3. The van der Waals surface area contributed by atoms with E-state index < -0.39 is 23.1 Å². The Morgan fingerprint density at radius 3 is 2.43 bits per heavy atom. The molecule has 0 spiro atoms. The van der Waals surface area contributed by atoms with Gasteiger partial charge in [-0.3, -0.25) is 14.5 Å². The third kappa shape index (κ3) is 3.34. The van der Waals surface area contributed by atoms with Crippen molar-refractivity contribution in [3.05, 3.63) is 64.4 Å². The van der Waals surface area contributed by atoms with Crippen molar-refractivity contribution in [2.45, 2.75) is 26.8 Å². The van der Waals surface area contributed by atoms with Crippen LogP contribution in [0.25, 0.3) is 10.2 Å². The van der Waals surface area contributed by atoms with Gasteiger partial charge in [-0.1, -0.05) is 55.8 Å². The molecule has 0 bridgehead atoms. The van der Waals surface area contributed by atoms with Crippen molar-refractivity contribution in [1.82, 2.24) is 4.98 Å². The van der Waals surface area contributed by atoms with E-state index in [2.05, 4.69) is 4.98 Å². The summed E-state index contributed by atoms with van der Waals surface area (Å²) in [6, 6.07) is 10.6. The molecule has 30 heavy (non-hydrogen) atoms. The van der Waals surface area contributed by atoms with Gasteiger partial charge >= 0.3 is 0 Å². The molecule has 1 aliphatic heterocycles. The van der Waals surface area contributed by atoms with Crippen molar-refractivity contribution in [3.8, 4) is 5.75 Å². The number of hydrogen-bond donors (Lipinski definition) is 2. The minimum absolute atomic E-state index is 0.0236. The molecule has 0 radical (unpaired) electrons. The van der Waals surface area contributed by atoms with Gasteiger partial charge in [0.15, 0.2) is 16.7 Å². The normalized spacial score (nSPS) is 17.3. The average Bonchev–Trinajstić information content (AvgIpc) is 3.19. The number of ketones is 1. The van der Waals surface area contributed by atoms with Crippen LogP contribution < -0.4 is 4.90 Å². The first-order valence-electron chi connectivity index (χ1n) is 9.24. The van der Waals surface area contributed by atoms with Gasteiger partial charge in [-0.05, 0) is 35.9 Å². The lowest BCUT2D eigenvalue weighted by molar-refractivity contribution is -0.123. The zero-order valence-electron chi connectivity index (χ0n) is 16.5. The fourth-order valence-electron chi connectivity index (χ4n) is 3.40. The Labute approximate surface area is 182 Å². The second-order valence-corrected chi connectivity index (χ2v) is 9.56. The maximum Gasteiger partial charge on any atom is 0.296 e. The SMILES string of the molecule is CC(C)(C)C(=O)C1=C(O)C(=O)N(c2nc3ccc(Cl)cc3s2)C1c1ccc(O)cc1. The number of rotatable bonds is 3. The van der Waals surface area contributed by atoms with E-state index in [0.29, 0.717) is 21.2 Å². The van der Waals surface area contributed by atoms with Crippen LogP contribution in [0.2, 0.25) is 5.02 Å². The van der Waals surface area contributed by atoms with E-state index in [1.165, 1.54) is 28.4 Å². The quantitative estimate of drug-likeness (QED) is 0.583. The summed E-state index contributed by atoms with van der Waals surface area (Å²) in [5.74, 6) is -1.55. The molecule has 8 heteroatoms. The van der Waals surface area contributed by atoms with Gasteiger partial charge in [0.2, 0.25) is 0 Å². The van der Waals surface area contributed by atoms with Crippen LogP contribution in [0.3, 0.4) is 0 Å². The zero-order chi connectivity index (χ0) is 21.8. The molecular formula is C22H19ClN2O4S. The van der Waals surface area contributed by atoms with Crippen LogP contribution in [0.5, 0.6) is 5.75 Å². The maximum atomic E-state index is 13.2. The molecule has 1 unspecified atom stereocenters. The summed E-state index contributed by atoms with van der Waals surface area (Å²) in [5, 5.41) is 21.3. The number of phenolic OH excluding ortho intramolecular Hbond substituents is 1. The third-order valence-corrected chi connectivity index (χ3v) is 6.14. The van der Waals surface area contributed by atoms with E-state index in [4.69, 9.17) is 11.6 Å². The Morgan fingerprint density at radius 2 is 1.80 bits per heavy atom. The highest BCUT2D eigenvalue weighted by Gasteiger charge is 2.47. The van der Waals surface area contributed by atoms with Crippen molar-refractivity contribution in [2.75, 3.05) is 4.90 Å². The van der Waals surface area contributed by atoms with Crippen LogP contribution >= 0.6 is 22.9 Å². The third-order valence-electron chi connectivity index (χ3n) is 4.89. The lowest BCUT2D eigenvalue weighted by Crippen LogP contribution is -2.32. The number of carbonyl (C=O) groups is 2. The average molecular weight is 443 g/mol. The van der Waals surface area contributed by atoms with Gasteiger partial charge in [-0.15, -0.1) is 0 Å². The molecule has 3 aromatic rings. The molecular weight excluding hydrogens is 424 g/mol. The molecule has 1 aromatic heterocycles. The van der Waals surface area contributed by atoms with Crippen molar-refractivity contribution in [1.29, 1.82) is 0 Å². The van der Waals surface area contributed by atoms with E-state index >= 15 is 0 Å². The molecule has 154 valence electrons. The highest BCUT2D eigenvalue weighted by atomic mass is 35.5. The van der Waals surface area contributed by atoms with Gasteiger partial charge < -0.3 is 10.2 Å². The van der Waals surface area contributed by atoms with E-state index in [9.17, 15) is 19.8 Å². The van der Waals surface area contributed by atoms with Crippen molar-refractivity contribution < 1.29 is 19.8 Å². The fraction of sp³-hybridized carbons (Fsp3) is 0.227. The minimum Gasteiger partial charge on any atom is -0.508 e. The number of thiazole rings is 1. The second-order valence-electron chi connectivity index (χ2n) is 8.12. The topological polar surface area (TPSA) is 90.7 Å². The van der Waals surface area contributed by atoms with E-state index in [0.717, 1.165) is 4.70 Å². The predicted octanol–water partition coefficient (Wildman–Crippen LogP) is 5.17. The number of benzene rings is 2. The summed E-state index contributed by atoms with van der Waals surface area (Å²) in [7, 11) is 0. The molecule has 0 aliphatic carbocycles. The highest BCUT2D eigenvalue weighted by molar-refractivity contribution is 7.22. The Kier molecular flexibility index (Phi) is 4.83. The molecule has 6 nitrogen and oxygen atoms in total. The first-order valence-corrected chi connectivity index (χ1v) is 10.4. The number of amides is 1. The van der Waals surface area contributed by atoms with Crippen LogP contribution in [-0.4, -0.2) is 26.9 Å². The van der Waals surface area contributed by atoms with Crippen molar-refractivity contribution >= 4 is 50.0 Å². The van der Waals surface area contributed by atoms with Gasteiger partial charge in [-0.25, -0.2) is 4.98 Å². The number of Topliss-reactive ketones (excluding diaryl/α,β-unsaturated/α-hetero) is 1. The number of aromatic nitrogens is 1. The molecule has 1 atom stereocenters. The minimum atomic E-state index is -0.860. The summed E-state index contributed by atoms with van der Waals surface area (Å²) >= 11 is 7.32. The monoisotopic (exact) mass is 442 g/mol. The van der Waals surface area contributed by atoms with Crippen LogP contribution in [0.15, 0.2) is 53.8 Å². The lowest BCUT2D eigenvalue weighted by atomic mass is 9.82. The van der Waals surface area contributed by atoms with Gasteiger partial charge in [0.25, 0.3) is 5.91 Å². The Hall–Kier alpha value is -2.90. The molecule has 0 saturated heterocycles. The van der Waals surface area contributed by atoms with Crippen LogP contribution in [-0.2, 0) is 9.59 Å². The number of nitrogens with zero attached hydrogens (tertiary/aromatic N) is 2. The van der Waals surface area contributed by atoms with Crippen LogP contribution in [0.1, 0.15) is 32.4 Å². The Morgan fingerprint density at radius 1 is 1.13 bits per heavy atom. The van der Waals surface area contributed by atoms with E-state index in [1.54, 1.807) is 51.1 Å². The van der Waals surface area contributed by atoms with Gasteiger partial charge in [0.1, 0.15) is 5.75 Å². The van der Waals surface area contributed by atoms with Gasteiger partial charge in [0.05, 0.1) is 21.8 Å². The first-order chi connectivity index (χ1) is 14.1. The molecule has 1 amide bonds. The number of phenols is 1. The summed E-state index contributed by atoms with van der Waals surface area (Å²) in [6.07, 6.45) is 0. The number of aromatic hydroxyl groups is 1. The molecule has 0 fully saturated rings. The van der Waals surface area contributed by atoms with Gasteiger partial charge in [-0.2, -0.15) is 0 Å². The first kappa shape index (κ1) is 20.4.